The third-order valence-electron chi connectivity index (χ3n) is 6.31. The van der Waals surface area contributed by atoms with E-state index < -0.39 is 5.97 Å². The Hall–Kier alpha value is -2.06. The summed E-state index contributed by atoms with van der Waals surface area (Å²) in [5.74, 6) is 0.784. The normalized spacial score (nSPS) is 20.3. The van der Waals surface area contributed by atoms with Crippen molar-refractivity contribution in [1.82, 2.24) is 10.2 Å². The molecule has 8 heteroatoms. The van der Waals surface area contributed by atoms with Gasteiger partial charge in [0.1, 0.15) is 5.75 Å². The molecule has 192 valence electrons. The van der Waals surface area contributed by atoms with E-state index in [2.05, 4.69) is 37.4 Å². The van der Waals surface area contributed by atoms with E-state index in [1.54, 1.807) is 0 Å². The van der Waals surface area contributed by atoms with Crippen LogP contribution in [0.1, 0.15) is 64.4 Å². The van der Waals surface area contributed by atoms with Gasteiger partial charge in [-0.25, -0.2) is 4.79 Å². The van der Waals surface area contributed by atoms with E-state index in [4.69, 9.17) is 9.84 Å². The quantitative estimate of drug-likeness (QED) is 0.342. The predicted octanol–water partition coefficient (Wildman–Crippen LogP) is 6.64. The summed E-state index contributed by atoms with van der Waals surface area (Å²) in [5, 5.41) is 13.0. The van der Waals surface area contributed by atoms with Crippen molar-refractivity contribution in [2.45, 2.75) is 71.3 Å². The van der Waals surface area contributed by atoms with Crippen LogP contribution in [0.2, 0.25) is 0 Å². The van der Waals surface area contributed by atoms with E-state index in [1.165, 1.54) is 29.1 Å². The number of carboxylic acid groups (broad SMARTS) is 1. The molecule has 2 amide bonds. The van der Waals surface area contributed by atoms with E-state index in [0.29, 0.717) is 19.1 Å². The predicted molar refractivity (Wildman–Crippen MR) is 146 cm³/mol. The lowest BCUT2D eigenvalue weighted by Crippen LogP contribution is -2.47. The molecule has 35 heavy (non-hydrogen) atoms. The number of nitrogens with zero attached hydrogens (tertiary/aromatic N) is 1. The molecule has 2 N–H and O–H groups in total. The van der Waals surface area contributed by atoms with Crippen molar-refractivity contribution in [3.05, 3.63) is 51.2 Å². The summed E-state index contributed by atoms with van der Waals surface area (Å²) >= 11 is 2.77. The molecule has 2 aliphatic rings. The lowest BCUT2D eigenvalue weighted by molar-refractivity contribution is -0.133. The minimum atomic E-state index is -0.835. The minimum Gasteiger partial charge on any atom is -0.494 e. The van der Waals surface area contributed by atoms with Gasteiger partial charge in [-0.15, -0.1) is 11.8 Å². The van der Waals surface area contributed by atoms with E-state index >= 15 is 0 Å². The number of rotatable bonds is 11. The monoisotopic (exact) mass is 518 g/mol. The number of amides is 2. The molecule has 6 nitrogen and oxygen atoms in total. The van der Waals surface area contributed by atoms with Crippen LogP contribution in [0.3, 0.4) is 0 Å². The highest BCUT2D eigenvalue weighted by atomic mass is 32.2. The molecule has 0 spiro atoms. The molecule has 3 rings (SSSR count). The van der Waals surface area contributed by atoms with Gasteiger partial charge in [0.2, 0.25) is 0 Å². The zero-order valence-electron chi connectivity index (χ0n) is 20.8. The first kappa shape index (κ1) is 27.5. The van der Waals surface area contributed by atoms with Crippen molar-refractivity contribution >= 4 is 35.5 Å². The molecule has 0 atom stereocenters. The van der Waals surface area contributed by atoms with Gasteiger partial charge in [0, 0.05) is 16.8 Å². The van der Waals surface area contributed by atoms with Gasteiger partial charge in [-0.05, 0) is 75.0 Å². The number of benzene rings is 1. The first-order valence-corrected chi connectivity index (χ1v) is 14.5. The highest BCUT2D eigenvalue weighted by molar-refractivity contribution is 8.24. The van der Waals surface area contributed by atoms with Gasteiger partial charge in [0.05, 0.1) is 17.4 Å². The van der Waals surface area contributed by atoms with Gasteiger partial charge in [-0.1, -0.05) is 49.9 Å². The molecule has 1 saturated carbocycles. The summed E-state index contributed by atoms with van der Waals surface area (Å²) in [6, 6.07) is 8.37. The maximum absolute atomic E-state index is 13.5. The zero-order chi connectivity index (χ0) is 25.0. The lowest BCUT2D eigenvalue weighted by atomic mass is 9.86. The Bertz CT molecular complexity index is 893. The number of allylic oxidation sites excluding steroid dienone is 2. The van der Waals surface area contributed by atoms with Crippen LogP contribution in [0, 0.1) is 5.92 Å². The van der Waals surface area contributed by atoms with Crippen LogP contribution < -0.4 is 10.1 Å². The number of nitrogens with one attached hydrogen (secondary N) is 1. The smallest absolute Gasteiger partial charge is 0.322 e. The highest BCUT2D eigenvalue weighted by Crippen LogP contribution is 2.36. The number of urea groups is 1. The van der Waals surface area contributed by atoms with Crippen LogP contribution in [0.4, 0.5) is 4.79 Å². The van der Waals surface area contributed by atoms with Crippen molar-refractivity contribution in [1.29, 1.82) is 0 Å². The van der Waals surface area contributed by atoms with Crippen molar-refractivity contribution in [2.75, 3.05) is 18.9 Å². The summed E-state index contributed by atoms with van der Waals surface area (Å²) in [6.45, 7) is 5.76. The number of carbonyl (C=O) groups excluding carboxylic acids is 1. The molecular weight excluding hydrogens is 480 g/mol. The summed E-state index contributed by atoms with van der Waals surface area (Å²) in [7, 11) is 0. The second kappa shape index (κ2) is 14.5. The number of carbonyl (C=O) groups is 2. The molecule has 1 heterocycles. The fourth-order valence-electron chi connectivity index (χ4n) is 4.31. The van der Waals surface area contributed by atoms with Gasteiger partial charge in [0.25, 0.3) is 0 Å². The SMILES string of the molecule is CCCOc1ccc(CCN(C(=O)NC2=CCCC=C(SCC(=O)O)S2)C2CCC(C)CC2)cc1. The third-order valence-corrected chi connectivity index (χ3v) is 8.61. The molecule has 1 aromatic carbocycles. The van der Waals surface area contributed by atoms with E-state index in [1.807, 2.05) is 23.1 Å². The molecule has 0 saturated heterocycles. The van der Waals surface area contributed by atoms with Gasteiger partial charge in [-0.3, -0.25) is 4.79 Å². The highest BCUT2D eigenvalue weighted by Gasteiger charge is 2.28. The maximum atomic E-state index is 13.5. The molecule has 1 aromatic rings. The second-order valence-electron chi connectivity index (χ2n) is 9.23. The zero-order valence-corrected chi connectivity index (χ0v) is 22.5. The van der Waals surface area contributed by atoms with Gasteiger partial charge < -0.3 is 20.1 Å². The van der Waals surface area contributed by atoms with Gasteiger partial charge >= 0.3 is 12.0 Å². The van der Waals surface area contributed by atoms with Crippen molar-refractivity contribution in [3.8, 4) is 5.75 Å². The maximum Gasteiger partial charge on any atom is 0.322 e. The van der Waals surface area contributed by atoms with Gasteiger partial charge in [0.15, 0.2) is 0 Å². The number of hydrogen-bond donors (Lipinski definition) is 2. The Balaban J connectivity index is 1.63. The fraction of sp³-hybridized carbons (Fsp3) is 0.556. The molecule has 0 unspecified atom stereocenters. The number of aliphatic carboxylic acids is 1. The fourth-order valence-corrected chi connectivity index (χ4v) is 6.25. The average molecular weight is 519 g/mol. The topological polar surface area (TPSA) is 78.9 Å². The Kier molecular flexibility index (Phi) is 11.4. The van der Waals surface area contributed by atoms with Crippen LogP contribution in [0.5, 0.6) is 5.75 Å². The van der Waals surface area contributed by atoms with E-state index in [-0.39, 0.29) is 17.8 Å². The molecule has 1 aliphatic heterocycles. The Morgan fingerprint density at radius 2 is 1.86 bits per heavy atom. The molecule has 0 aromatic heterocycles. The van der Waals surface area contributed by atoms with Crippen LogP contribution in [0.25, 0.3) is 0 Å². The van der Waals surface area contributed by atoms with E-state index in [0.717, 1.165) is 66.4 Å². The number of ether oxygens (including phenoxy) is 1. The molecular formula is C27H38N2O4S2. The first-order valence-electron chi connectivity index (χ1n) is 12.7. The van der Waals surface area contributed by atoms with Crippen LogP contribution in [-0.4, -0.2) is 47.0 Å². The summed E-state index contributed by atoms with van der Waals surface area (Å²) < 4.78 is 6.62. The molecule has 0 radical (unpaired) electrons. The average Bonchev–Trinajstić information content (AvgIpc) is 3.08. The van der Waals surface area contributed by atoms with Crippen molar-refractivity contribution in [3.63, 3.8) is 0 Å². The Morgan fingerprint density at radius 3 is 2.54 bits per heavy atom. The number of thioether (sulfide) groups is 2. The Morgan fingerprint density at radius 1 is 1.14 bits per heavy atom. The largest absolute Gasteiger partial charge is 0.494 e. The summed E-state index contributed by atoms with van der Waals surface area (Å²) in [6.07, 6.45) is 11.9. The number of hydrogen-bond acceptors (Lipinski definition) is 5. The Labute approximate surface area is 217 Å². The summed E-state index contributed by atoms with van der Waals surface area (Å²) in [4.78, 5) is 26.5. The van der Waals surface area contributed by atoms with Crippen LogP contribution in [-0.2, 0) is 11.2 Å². The second-order valence-corrected chi connectivity index (χ2v) is 11.6. The van der Waals surface area contributed by atoms with Gasteiger partial charge in [-0.2, -0.15) is 0 Å². The molecule has 1 fully saturated rings. The lowest BCUT2D eigenvalue weighted by Gasteiger charge is -2.36. The van der Waals surface area contributed by atoms with Crippen molar-refractivity contribution < 1.29 is 19.4 Å². The molecule has 0 bridgehead atoms. The minimum absolute atomic E-state index is 0.0225. The third kappa shape index (κ3) is 9.49. The standard InChI is InChI=1S/C27H38N2O4S2/c1-3-18-33-23-14-10-21(11-15-23)16-17-29(22-12-8-20(2)9-13-22)27(32)28-24-6-4-5-7-26(35-24)34-19-25(30)31/h6-7,10-11,14-15,20,22H,3-5,8-9,12-13,16-19H2,1-2H3,(H,28,32)(H,30,31). The van der Waals surface area contributed by atoms with Crippen molar-refractivity contribution in [2.24, 2.45) is 5.92 Å². The summed E-state index contributed by atoms with van der Waals surface area (Å²) in [5.41, 5.74) is 1.19. The van der Waals surface area contributed by atoms with Crippen LogP contribution >= 0.6 is 23.5 Å². The first-order chi connectivity index (χ1) is 16.9. The van der Waals surface area contributed by atoms with Crippen LogP contribution in [0.15, 0.2) is 45.7 Å². The molecule has 1 aliphatic carbocycles. The van der Waals surface area contributed by atoms with E-state index in [9.17, 15) is 9.59 Å². The number of carboxylic acids is 1.